The summed E-state index contributed by atoms with van der Waals surface area (Å²) < 4.78 is 15.8. The second kappa shape index (κ2) is 5.97. The van der Waals surface area contributed by atoms with E-state index >= 15 is 0 Å². The van der Waals surface area contributed by atoms with Crippen molar-refractivity contribution in [2.75, 3.05) is 5.75 Å². The van der Waals surface area contributed by atoms with Crippen LogP contribution in [0.1, 0.15) is 11.3 Å². The number of aryl methyl sites for hydroxylation is 2. The number of benzene rings is 1. The molecule has 0 fully saturated rings. The summed E-state index contributed by atoms with van der Waals surface area (Å²) in [6.07, 6.45) is 1.76. The lowest BCUT2D eigenvalue weighted by Gasteiger charge is -2.11. The van der Waals surface area contributed by atoms with Crippen LogP contribution < -0.4 is 0 Å². The maximum absolute atomic E-state index is 13.7. The average molecular weight is 359 g/mol. The summed E-state index contributed by atoms with van der Waals surface area (Å²) in [6, 6.07) is 3.09. The highest BCUT2D eigenvalue weighted by Gasteiger charge is 2.14. The van der Waals surface area contributed by atoms with Crippen molar-refractivity contribution < 1.29 is 14.3 Å². The van der Waals surface area contributed by atoms with Crippen LogP contribution in [0.3, 0.4) is 0 Å². The Bertz CT molecular complexity index is 673. The quantitative estimate of drug-likeness (QED) is 0.848. The van der Waals surface area contributed by atoms with E-state index in [-0.39, 0.29) is 11.6 Å². The van der Waals surface area contributed by atoms with Gasteiger partial charge in [0.15, 0.2) is 5.16 Å². The summed E-state index contributed by atoms with van der Waals surface area (Å²) in [5.74, 6) is -1.37. The molecule has 0 bridgehead atoms. The molecule has 0 atom stereocenters. The molecule has 0 radical (unpaired) electrons. The van der Waals surface area contributed by atoms with Crippen LogP contribution in [0.5, 0.6) is 0 Å². The first-order valence-electron chi connectivity index (χ1n) is 5.75. The van der Waals surface area contributed by atoms with Crippen LogP contribution in [0.25, 0.3) is 5.69 Å². The summed E-state index contributed by atoms with van der Waals surface area (Å²) >= 11 is 4.25. The van der Waals surface area contributed by atoms with Crippen molar-refractivity contribution in [1.29, 1.82) is 0 Å². The van der Waals surface area contributed by atoms with E-state index in [9.17, 15) is 9.18 Å². The monoisotopic (exact) mass is 358 g/mol. The number of aromatic nitrogens is 2. The molecule has 2 rings (SSSR count). The number of hydrogen-bond donors (Lipinski definition) is 1. The minimum atomic E-state index is -0.916. The van der Waals surface area contributed by atoms with Crippen LogP contribution in [0, 0.1) is 19.7 Å². The van der Waals surface area contributed by atoms with Gasteiger partial charge in [-0.1, -0.05) is 11.8 Å². The number of carboxylic acid groups (broad SMARTS) is 1. The highest BCUT2D eigenvalue weighted by atomic mass is 79.9. The predicted molar refractivity (Wildman–Crippen MR) is 79.1 cm³/mol. The van der Waals surface area contributed by atoms with Gasteiger partial charge < -0.3 is 5.11 Å². The van der Waals surface area contributed by atoms with Crippen LogP contribution in [0.4, 0.5) is 4.39 Å². The molecule has 0 aliphatic carbocycles. The number of imidazole rings is 1. The van der Waals surface area contributed by atoms with Crippen molar-refractivity contribution in [2.24, 2.45) is 0 Å². The van der Waals surface area contributed by atoms with E-state index in [4.69, 9.17) is 5.11 Å². The Kier molecular flexibility index (Phi) is 4.49. The number of aliphatic carboxylic acids is 1. The van der Waals surface area contributed by atoms with Crippen molar-refractivity contribution in [3.63, 3.8) is 0 Å². The number of carboxylic acids is 1. The van der Waals surface area contributed by atoms with Gasteiger partial charge in [0, 0.05) is 6.20 Å². The van der Waals surface area contributed by atoms with E-state index < -0.39 is 5.97 Å². The third-order valence-electron chi connectivity index (χ3n) is 2.62. The Morgan fingerprint density at radius 3 is 2.85 bits per heavy atom. The minimum Gasteiger partial charge on any atom is -0.481 e. The molecule has 0 saturated heterocycles. The molecule has 2 aromatic rings. The van der Waals surface area contributed by atoms with E-state index in [1.165, 1.54) is 6.07 Å². The van der Waals surface area contributed by atoms with Crippen LogP contribution in [0.15, 0.2) is 28.0 Å². The summed E-state index contributed by atoms with van der Waals surface area (Å²) in [6.45, 7) is 3.67. The minimum absolute atomic E-state index is 0.0888. The third-order valence-corrected chi connectivity index (χ3v) is 4.16. The maximum Gasteiger partial charge on any atom is 0.313 e. The Morgan fingerprint density at radius 1 is 1.50 bits per heavy atom. The van der Waals surface area contributed by atoms with E-state index in [1.807, 2.05) is 13.8 Å². The average Bonchev–Trinajstić information content (AvgIpc) is 2.72. The van der Waals surface area contributed by atoms with Gasteiger partial charge in [0.1, 0.15) is 5.82 Å². The summed E-state index contributed by atoms with van der Waals surface area (Å²) in [4.78, 5) is 14.9. The zero-order valence-corrected chi connectivity index (χ0v) is 13.3. The van der Waals surface area contributed by atoms with Crippen molar-refractivity contribution in [3.05, 3.63) is 39.9 Å². The molecule has 4 nitrogen and oxygen atoms in total. The van der Waals surface area contributed by atoms with Crippen LogP contribution in [-0.2, 0) is 4.79 Å². The maximum atomic E-state index is 13.7. The van der Waals surface area contributed by atoms with Crippen molar-refractivity contribution >= 4 is 33.7 Å². The van der Waals surface area contributed by atoms with Gasteiger partial charge in [0.05, 0.1) is 21.6 Å². The molecule has 0 aliphatic rings. The van der Waals surface area contributed by atoms with Crippen LogP contribution in [-0.4, -0.2) is 26.4 Å². The Balaban J connectivity index is 2.47. The number of nitrogens with zero attached hydrogens (tertiary/aromatic N) is 2. The molecule has 7 heteroatoms. The van der Waals surface area contributed by atoms with Crippen molar-refractivity contribution in [3.8, 4) is 5.69 Å². The zero-order valence-electron chi connectivity index (χ0n) is 10.9. The second-order valence-corrected chi connectivity index (χ2v) is 6.07. The Labute approximate surface area is 128 Å². The van der Waals surface area contributed by atoms with Gasteiger partial charge in [-0.05, 0) is 47.5 Å². The van der Waals surface area contributed by atoms with E-state index in [2.05, 4.69) is 20.9 Å². The molecule has 1 aromatic heterocycles. The molecule has 1 heterocycles. The van der Waals surface area contributed by atoms with Crippen molar-refractivity contribution in [2.45, 2.75) is 19.0 Å². The van der Waals surface area contributed by atoms with E-state index in [1.54, 1.807) is 16.8 Å². The molecule has 0 aliphatic heterocycles. The van der Waals surface area contributed by atoms with Gasteiger partial charge in [-0.2, -0.15) is 0 Å². The molecular weight excluding hydrogens is 347 g/mol. The van der Waals surface area contributed by atoms with E-state index in [0.717, 1.165) is 23.0 Å². The second-order valence-electron chi connectivity index (χ2n) is 4.27. The largest absolute Gasteiger partial charge is 0.481 e. The predicted octanol–water partition coefficient (Wildman–Crippen LogP) is 3.57. The van der Waals surface area contributed by atoms with Crippen LogP contribution >= 0.6 is 27.7 Å². The molecule has 0 unspecified atom stereocenters. The lowest BCUT2D eigenvalue weighted by Crippen LogP contribution is -2.03. The summed E-state index contributed by atoms with van der Waals surface area (Å²) in [5.41, 5.74) is 2.27. The van der Waals surface area contributed by atoms with Gasteiger partial charge in [-0.25, -0.2) is 9.37 Å². The Morgan fingerprint density at radius 2 is 2.20 bits per heavy atom. The molecule has 0 spiro atoms. The normalized spacial score (nSPS) is 10.8. The standard InChI is InChI=1S/C13H12BrFN2O2S/c1-7-3-9(14)10(15)4-11(7)17-5-8(2)16-13(17)20-6-12(18)19/h3-5H,6H2,1-2H3,(H,18,19). The molecule has 1 aromatic carbocycles. The van der Waals surface area contributed by atoms with Gasteiger partial charge in [-0.3, -0.25) is 9.36 Å². The SMILES string of the molecule is Cc1cn(-c2cc(F)c(Br)cc2C)c(SCC(=O)O)n1. The van der Waals surface area contributed by atoms with Crippen molar-refractivity contribution in [1.82, 2.24) is 9.55 Å². The first-order chi connectivity index (χ1) is 9.38. The van der Waals surface area contributed by atoms with Crippen LogP contribution in [0.2, 0.25) is 0 Å². The number of carbonyl (C=O) groups is 1. The topological polar surface area (TPSA) is 55.1 Å². The number of hydrogen-bond acceptors (Lipinski definition) is 3. The van der Waals surface area contributed by atoms with Gasteiger partial charge in [0.25, 0.3) is 0 Å². The van der Waals surface area contributed by atoms with E-state index in [0.29, 0.717) is 15.3 Å². The molecule has 0 amide bonds. The smallest absolute Gasteiger partial charge is 0.313 e. The fraction of sp³-hybridized carbons (Fsp3) is 0.231. The molecule has 20 heavy (non-hydrogen) atoms. The van der Waals surface area contributed by atoms with Gasteiger partial charge in [-0.15, -0.1) is 0 Å². The number of thioether (sulfide) groups is 1. The van der Waals surface area contributed by atoms with Gasteiger partial charge >= 0.3 is 5.97 Å². The summed E-state index contributed by atoms with van der Waals surface area (Å²) in [7, 11) is 0. The fourth-order valence-corrected chi connectivity index (χ4v) is 2.98. The molecule has 106 valence electrons. The molecular formula is C13H12BrFN2O2S. The zero-order chi connectivity index (χ0) is 14.9. The fourth-order valence-electron chi connectivity index (χ4n) is 1.77. The molecule has 1 N–H and O–H groups in total. The molecule has 0 saturated carbocycles. The first-order valence-corrected chi connectivity index (χ1v) is 7.53. The lowest BCUT2D eigenvalue weighted by atomic mass is 10.2. The third kappa shape index (κ3) is 3.21. The lowest BCUT2D eigenvalue weighted by molar-refractivity contribution is -0.133. The first kappa shape index (κ1) is 15.1. The Hall–Kier alpha value is -1.34. The summed E-state index contributed by atoms with van der Waals surface area (Å²) in [5, 5.41) is 9.29. The van der Waals surface area contributed by atoms with Gasteiger partial charge in [0.2, 0.25) is 0 Å². The highest BCUT2D eigenvalue weighted by Crippen LogP contribution is 2.27. The highest BCUT2D eigenvalue weighted by molar-refractivity contribution is 9.10. The number of halogens is 2. The number of rotatable bonds is 4.